The van der Waals surface area contributed by atoms with Gasteiger partial charge in [-0.25, -0.2) is 4.98 Å². The number of primary amides is 1. The molecule has 1 amide bonds. The molecule has 0 aromatic carbocycles. The van der Waals surface area contributed by atoms with Crippen LogP contribution in [0, 0.1) is 0 Å². The van der Waals surface area contributed by atoms with Crippen molar-refractivity contribution in [1.29, 1.82) is 0 Å². The maximum atomic E-state index is 11.1. The molecule has 0 saturated heterocycles. The van der Waals surface area contributed by atoms with Gasteiger partial charge in [0, 0.05) is 12.7 Å². The molecule has 0 radical (unpaired) electrons. The van der Waals surface area contributed by atoms with Crippen LogP contribution in [0.3, 0.4) is 0 Å². The minimum Gasteiger partial charge on any atom is -0.370 e. The molecular weight excluding hydrogens is 258 g/mol. The van der Waals surface area contributed by atoms with Crippen LogP contribution in [0.4, 0.5) is 5.82 Å². The molecular formula is C13H17N5O2. The summed E-state index contributed by atoms with van der Waals surface area (Å²) in [6.45, 7) is 2.87. The highest BCUT2D eigenvalue weighted by molar-refractivity contribution is 5.95. The number of H-pyrrole nitrogens is 1. The molecule has 0 bridgehead atoms. The van der Waals surface area contributed by atoms with Crippen LogP contribution < -0.4 is 11.1 Å². The molecule has 7 nitrogen and oxygen atoms in total. The lowest BCUT2D eigenvalue weighted by molar-refractivity contribution is 0.0595. The molecule has 0 spiro atoms. The van der Waals surface area contributed by atoms with Crippen molar-refractivity contribution in [2.45, 2.75) is 19.6 Å². The Bertz CT molecular complexity index is 555. The summed E-state index contributed by atoms with van der Waals surface area (Å²) in [4.78, 5) is 22.0. The van der Waals surface area contributed by atoms with Gasteiger partial charge in [0.05, 0.1) is 24.7 Å². The molecule has 20 heavy (non-hydrogen) atoms. The lowest BCUT2D eigenvalue weighted by Crippen LogP contribution is -2.22. The molecule has 0 aliphatic carbocycles. The number of carbonyl (C=O) groups excluding carboxylic acids is 1. The number of nitrogens with zero attached hydrogens (tertiary/aromatic N) is 2. The molecule has 2 heterocycles. The molecule has 2 aromatic heterocycles. The summed E-state index contributed by atoms with van der Waals surface area (Å²) in [6.07, 6.45) is 3.08. The van der Waals surface area contributed by atoms with Crippen molar-refractivity contribution in [3.63, 3.8) is 0 Å². The molecule has 0 aliphatic rings. The quantitative estimate of drug-likeness (QED) is 0.696. The number of anilines is 1. The van der Waals surface area contributed by atoms with Crippen LogP contribution in [0.25, 0.3) is 0 Å². The maximum absolute atomic E-state index is 11.1. The van der Waals surface area contributed by atoms with E-state index in [-0.39, 0.29) is 11.8 Å². The molecule has 0 aliphatic heterocycles. The first-order valence-electron chi connectivity index (χ1n) is 6.25. The van der Waals surface area contributed by atoms with Gasteiger partial charge >= 0.3 is 0 Å². The molecule has 4 N–H and O–H groups in total. The highest BCUT2D eigenvalue weighted by Crippen LogP contribution is 2.09. The third-order valence-corrected chi connectivity index (χ3v) is 2.68. The first kappa shape index (κ1) is 14.0. The highest BCUT2D eigenvalue weighted by Gasteiger charge is 2.11. The van der Waals surface area contributed by atoms with Gasteiger partial charge in [-0.3, -0.25) is 9.78 Å². The second-order valence-corrected chi connectivity index (χ2v) is 4.31. The van der Waals surface area contributed by atoms with Crippen molar-refractivity contribution >= 4 is 11.7 Å². The third kappa shape index (κ3) is 3.79. The van der Waals surface area contributed by atoms with Crippen LogP contribution in [0.15, 0.2) is 30.7 Å². The Morgan fingerprint density at radius 3 is 3.05 bits per heavy atom. The monoisotopic (exact) mass is 275 g/mol. The number of nitrogens with two attached hydrogens (primary N) is 1. The summed E-state index contributed by atoms with van der Waals surface area (Å²) < 4.78 is 5.65. The average Bonchev–Trinajstić information content (AvgIpc) is 2.92. The van der Waals surface area contributed by atoms with Crippen molar-refractivity contribution < 1.29 is 9.53 Å². The maximum Gasteiger partial charge on any atom is 0.269 e. The van der Waals surface area contributed by atoms with Crippen LogP contribution in [-0.4, -0.2) is 33.5 Å². The molecule has 1 atom stereocenters. The van der Waals surface area contributed by atoms with Gasteiger partial charge in [0.25, 0.3) is 5.91 Å². The fraction of sp³-hybridized carbons (Fsp3) is 0.308. The molecule has 2 rings (SSSR count). The number of rotatable bonds is 7. The summed E-state index contributed by atoms with van der Waals surface area (Å²) >= 11 is 0. The van der Waals surface area contributed by atoms with E-state index in [1.54, 1.807) is 6.20 Å². The number of carbonyl (C=O) groups is 1. The normalized spacial score (nSPS) is 12.1. The molecule has 1 unspecified atom stereocenters. The zero-order valence-electron chi connectivity index (χ0n) is 11.2. The molecule has 0 saturated carbocycles. The first-order chi connectivity index (χ1) is 9.66. The molecule has 7 heteroatoms. The molecule has 2 aromatic rings. The van der Waals surface area contributed by atoms with Crippen LogP contribution in [-0.2, 0) is 11.3 Å². The van der Waals surface area contributed by atoms with Gasteiger partial charge in [-0.15, -0.1) is 0 Å². The molecule has 106 valence electrons. The summed E-state index contributed by atoms with van der Waals surface area (Å²) in [5.41, 5.74) is 6.35. The average molecular weight is 275 g/mol. The summed E-state index contributed by atoms with van der Waals surface area (Å²) in [7, 11) is 0. The highest BCUT2D eigenvalue weighted by atomic mass is 16.5. The van der Waals surface area contributed by atoms with Gasteiger partial charge in [-0.2, -0.15) is 0 Å². The van der Waals surface area contributed by atoms with Crippen molar-refractivity contribution in [1.82, 2.24) is 15.0 Å². The number of hydrogen-bond donors (Lipinski definition) is 3. The third-order valence-electron chi connectivity index (χ3n) is 2.68. The van der Waals surface area contributed by atoms with Crippen LogP contribution >= 0.6 is 0 Å². The van der Waals surface area contributed by atoms with Crippen molar-refractivity contribution in [3.05, 3.63) is 42.1 Å². The van der Waals surface area contributed by atoms with E-state index in [0.717, 1.165) is 5.69 Å². The minimum atomic E-state index is -0.549. The smallest absolute Gasteiger partial charge is 0.269 e. The van der Waals surface area contributed by atoms with Gasteiger partial charge in [-0.05, 0) is 19.1 Å². The SMILES string of the molecule is CC(CNc1nc[nH]c1C(N)=O)OCc1ccccn1. The fourth-order valence-corrected chi connectivity index (χ4v) is 1.63. The Balaban J connectivity index is 1.79. The van der Waals surface area contributed by atoms with E-state index in [1.165, 1.54) is 6.33 Å². The standard InChI is InChI=1S/C13H17N5O2/c1-9(20-7-10-4-2-3-5-15-10)6-16-13-11(12(14)19)17-8-18-13/h2-5,8-9,16H,6-7H2,1H3,(H2,14,19)(H,17,18). The fourth-order valence-electron chi connectivity index (χ4n) is 1.63. The second kappa shape index (κ2) is 6.67. The van der Waals surface area contributed by atoms with Gasteiger partial charge in [0.2, 0.25) is 0 Å². The number of ether oxygens (including phenoxy) is 1. The van der Waals surface area contributed by atoms with Crippen LogP contribution in [0.1, 0.15) is 23.1 Å². The van der Waals surface area contributed by atoms with Crippen molar-refractivity contribution in [2.75, 3.05) is 11.9 Å². The van der Waals surface area contributed by atoms with Gasteiger partial charge in [0.15, 0.2) is 5.82 Å². The zero-order valence-corrected chi connectivity index (χ0v) is 11.2. The number of amides is 1. The van der Waals surface area contributed by atoms with Crippen LogP contribution in [0.2, 0.25) is 0 Å². The molecule has 0 fully saturated rings. The second-order valence-electron chi connectivity index (χ2n) is 4.31. The largest absolute Gasteiger partial charge is 0.370 e. The Morgan fingerprint density at radius 1 is 1.50 bits per heavy atom. The number of aromatic nitrogens is 3. The zero-order chi connectivity index (χ0) is 14.4. The van der Waals surface area contributed by atoms with Crippen molar-refractivity contribution in [2.24, 2.45) is 5.73 Å². The van der Waals surface area contributed by atoms with E-state index >= 15 is 0 Å². The van der Waals surface area contributed by atoms with E-state index in [1.807, 2.05) is 25.1 Å². The lowest BCUT2D eigenvalue weighted by Gasteiger charge is -2.13. The summed E-state index contributed by atoms with van der Waals surface area (Å²) in [6, 6.07) is 5.67. The Labute approximate surface area is 116 Å². The van der Waals surface area contributed by atoms with E-state index in [2.05, 4.69) is 20.3 Å². The predicted molar refractivity (Wildman–Crippen MR) is 74.1 cm³/mol. The Morgan fingerprint density at radius 2 is 2.35 bits per heavy atom. The predicted octanol–water partition coefficient (Wildman–Crippen LogP) is 0.921. The lowest BCUT2D eigenvalue weighted by atomic mass is 10.3. The van der Waals surface area contributed by atoms with Crippen molar-refractivity contribution in [3.8, 4) is 0 Å². The summed E-state index contributed by atoms with van der Waals surface area (Å²) in [5, 5.41) is 3.02. The number of imidazole rings is 1. The van der Waals surface area contributed by atoms with E-state index in [0.29, 0.717) is 19.0 Å². The van der Waals surface area contributed by atoms with E-state index in [9.17, 15) is 4.79 Å². The van der Waals surface area contributed by atoms with Gasteiger partial charge in [0.1, 0.15) is 5.69 Å². The van der Waals surface area contributed by atoms with Crippen LogP contribution in [0.5, 0.6) is 0 Å². The van der Waals surface area contributed by atoms with Gasteiger partial charge in [-0.1, -0.05) is 6.07 Å². The number of pyridine rings is 1. The summed E-state index contributed by atoms with van der Waals surface area (Å²) in [5.74, 6) is -0.113. The Hall–Kier alpha value is -2.41. The number of aromatic amines is 1. The topological polar surface area (TPSA) is 106 Å². The number of nitrogens with one attached hydrogen (secondary N) is 2. The Kier molecular flexibility index (Phi) is 4.67. The van der Waals surface area contributed by atoms with E-state index in [4.69, 9.17) is 10.5 Å². The first-order valence-corrected chi connectivity index (χ1v) is 6.25. The minimum absolute atomic E-state index is 0.0607. The number of hydrogen-bond acceptors (Lipinski definition) is 5. The van der Waals surface area contributed by atoms with E-state index < -0.39 is 5.91 Å². The van der Waals surface area contributed by atoms with Gasteiger partial charge < -0.3 is 20.8 Å².